The zero-order valence-corrected chi connectivity index (χ0v) is 12.7. The summed E-state index contributed by atoms with van der Waals surface area (Å²) in [7, 11) is 0. The normalized spacial score (nSPS) is 11.3. The SMILES string of the molecule is CC(=NO)c1ccccc1NC(=O)c1ccc(Br)c(F)c1. The number of halogens is 2. The van der Waals surface area contributed by atoms with E-state index in [0.29, 0.717) is 21.4 Å². The molecule has 2 aromatic rings. The molecule has 108 valence electrons. The number of nitrogens with zero attached hydrogens (tertiary/aromatic N) is 1. The molecule has 0 atom stereocenters. The minimum absolute atomic E-state index is 0.198. The summed E-state index contributed by atoms with van der Waals surface area (Å²) in [5, 5.41) is 14.7. The molecule has 0 aliphatic rings. The lowest BCUT2D eigenvalue weighted by molar-refractivity contribution is 0.102. The average molecular weight is 351 g/mol. The van der Waals surface area contributed by atoms with Gasteiger partial charge in [-0.1, -0.05) is 23.4 Å². The predicted molar refractivity (Wildman–Crippen MR) is 82.5 cm³/mol. The van der Waals surface area contributed by atoms with Crippen LogP contribution >= 0.6 is 15.9 Å². The lowest BCUT2D eigenvalue weighted by Gasteiger charge is -2.10. The second-order valence-electron chi connectivity index (χ2n) is 4.31. The molecule has 0 aromatic heterocycles. The number of amides is 1. The molecule has 0 unspecified atom stereocenters. The van der Waals surface area contributed by atoms with Gasteiger partial charge in [0.25, 0.3) is 5.91 Å². The first-order chi connectivity index (χ1) is 10.0. The highest BCUT2D eigenvalue weighted by Gasteiger charge is 2.12. The zero-order chi connectivity index (χ0) is 15.4. The van der Waals surface area contributed by atoms with Gasteiger partial charge in [0, 0.05) is 11.1 Å². The first kappa shape index (κ1) is 15.2. The fourth-order valence-corrected chi connectivity index (χ4v) is 2.04. The summed E-state index contributed by atoms with van der Waals surface area (Å²) in [6.07, 6.45) is 0. The monoisotopic (exact) mass is 350 g/mol. The topological polar surface area (TPSA) is 61.7 Å². The summed E-state index contributed by atoms with van der Waals surface area (Å²) in [6.45, 7) is 1.62. The van der Waals surface area contributed by atoms with Crippen LogP contribution in [0.15, 0.2) is 52.1 Å². The maximum atomic E-state index is 13.5. The van der Waals surface area contributed by atoms with Gasteiger partial charge in [-0.15, -0.1) is 0 Å². The van der Waals surface area contributed by atoms with E-state index in [-0.39, 0.29) is 5.56 Å². The Kier molecular flexibility index (Phi) is 4.70. The van der Waals surface area contributed by atoms with E-state index < -0.39 is 11.7 Å². The van der Waals surface area contributed by atoms with Crippen LogP contribution in [0, 0.1) is 5.82 Å². The lowest BCUT2D eigenvalue weighted by Crippen LogP contribution is -2.14. The first-order valence-corrected chi connectivity index (χ1v) is 6.86. The molecule has 2 N–H and O–H groups in total. The molecule has 2 aromatic carbocycles. The van der Waals surface area contributed by atoms with Gasteiger partial charge in [-0.25, -0.2) is 4.39 Å². The Hall–Kier alpha value is -2.21. The molecule has 0 radical (unpaired) electrons. The van der Waals surface area contributed by atoms with Crippen molar-refractivity contribution in [3.63, 3.8) is 0 Å². The van der Waals surface area contributed by atoms with Gasteiger partial charge < -0.3 is 10.5 Å². The van der Waals surface area contributed by atoms with E-state index in [1.54, 1.807) is 31.2 Å². The summed E-state index contributed by atoms with van der Waals surface area (Å²) in [4.78, 5) is 12.1. The van der Waals surface area contributed by atoms with Crippen molar-refractivity contribution in [1.29, 1.82) is 0 Å². The van der Waals surface area contributed by atoms with Crippen LogP contribution in [-0.2, 0) is 0 Å². The highest BCUT2D eigenvalue weighted by Crippen LogP contribution is 2.20. The van der Waals surface area contributed by atoms with Gasteiger partial charge in [0.1, 0.15) is 5.82 Å². The third kappa shape index (κ3) is 3.46. The quantitative estimate of drug-likeness (QED) is 0.498. The van der Waals surface area contributed by atoms with Crippen LogP contribution in [0.3, 0.4) is 0 Å². The Morgan fingerprint density at radius 2 is 2.00 bits per heavy atom. The van der Waals surface area contributed by atoms with Crippen molar-refractivity contribution in [2.24, 2.45) is 5.16 Å². The van der Waals surface area contributed by atoms with Crippen molar-refractivity contribution in [1.82, 2.24) is 0 Å². The summed E-state index contributed by atoms with van der Waals surface area (Å²) in [5.74, 6) is -0.955. The molecule has 0 aliphatic carbocycles. The molecule has 0 aliphatic heterocycles. The van der Waals surface area contributed by atoms with Crippen molar-refractivity contribution in [2.45, 2.75) is 6.92 Å². The molecular weight excluding hydrogens is 339 g/mol. The van der Waals surface area contributed by atoms with E-state index >= 15 is 0 Å². The zero-order valence-electron chi connectivity index (χ0n) is 11.1. The fraction of sp³-hybridized carbons (Fsp3) is 0.0667. The second-order valence-corrected chi connectivity index (χ2v) is 5.17. The van der Waals surface area contributed by atoms with E-state index in [1.807, 2.05) is 0 Å². The molecule has 0 bridgehead atoms. The molecule has 6 heteroatoms. The van der Waals surface area contributed by atoms with Crippen LogP contribution in [-0.4, -0.2) is 16.8 Å². The summed E-state index contributed by atoms with van der Waals surface area (Å²) in [5.41, 5.74) is 1.64. The average Bonchev–Trinajstić information content (AvgIpc) is 2.49. The molecule has 0 fully saturated rings. The van der Waals surface area contributed by atoms with Gasteiger partial charge in [0.2, 0.25) is 0 Å². The van der Waals surface area contributed by atoms with E-state index in [9.17, 15) is 9.18 Å². The van der Waals surface area contributed by atoms with Gasteiger partial charge in [-0.2, -0.15) is 0 Å². The molecule has 21 heavy (non-hydrogen) atoms. The second kappa shape index (κ2) is 6.49. The Morgan fingerprint density at radius 3 is 2.67 bits per heavy atom. The molecule has 2 rings (SSSR count). The standard InChI is InChI=1S/C15H12BrFN2O2/c1-9(19-21)11-4-2-3-5-14(11)18-15(20)10-6-7-12(16)13(17)8-10/h2-8,21H,1H3,(H,18,20). The summed E-state index contributed by atoms with van der Waals surface area (Å²) >= 11 is 3.04. The van der Waals surface area contributed by atoms with Gasteiger partial charge in [0.05, 0.1) is 15.9 Å². The van der Waals surface area contributed by atoms with Crippen molar-refractivity contribution < 1.29 is 14.4 Å². The maximum Gasteiger partial charge on any atom is 0.255 e. The molecule has 0 saturated carbocycles. The van der Waals surface area contributed by atoms with Crippen LogP contribution in [0.1, 0.15) is 22.8 Å². The minimum atomic E-state index is -0.510. The molecule has 0 spiro atoms. The van der Waals surface area contributed by atoms with E-state index in [2.05, 4.69) is 26.4 Å². The van der Waals surface area contributed by atoms with Crippen LogP contribution < -0.4 is 5.32 Å². The third-order valence-electron chi connectivity index (χ3n) is 2.90. The number of benzene rings is 2. The Labute approximate surface area is 129 Å². The molecule has 4 nitrogen and oxygen atoms in total. The number of nitrogens with one attached hydrogen (secondary N) is 1. The van der Waals surface area contributed by atoms with Gasteiger partial charge in [-0.05, 0) is 47.1 Å². The number of hydrogen-bond donors (Lipinski definition) is 2. The molecule has 0 saturated heterocycles. The van der Waals surface area contributed by atoms with Gasteiger partial charge in [-0.3, -0.25) is 4.79 Å². The molecule has 1 amide bonds. The van der Waals surface area contributed by atoms with Crippen molar-refractivity contribution in [3.05, 3.63) is 63.9 Å². The Morgan fingerprint density at radius 1 is 1.29 bits per heavy atom. The number of para-hydroxylation sites is 1. The number of hydrogen-bond acceptors (Lipinski definition) is 3. The van der Waals surface area contributed by atoms with Crippen molar-refractivity contribution in [2.75, 3.05) is 5.32 Å². The number of carbonyl (C=O) groups excluding carboxylic acids is 1. The summed E-state index contributed by atoms with van der Waals surface area (Å²) < 4.78 is 13.8. The highest BCUT2D eigenvalue weighted by molar-refractivity contribution is 9.10. The predicted octanol–water partition coefficient (Wildman–Crippen LogP) is 4.04. The maximum absolute atomic E-state index is 13.5. The van der Waals surface area contributed by atoms with Crippen molar-refractivity contribution in [3.8, 4) is 0 Å². The fourth-order valence-electron chi connectivity index (χ4n) is 1.79. The van der Waals surface area contributed by atoms with Gasteiger partial charge >= 0.3 is 0 Å². The minimum Gasteiger partial charge on any atom is -0.411 e. The first-order valence-electron chi connectivity index (χ1n) is 6.07. The highest BCUT2D eigenvalue weighted by atomic mass is 79.9. The van der Waals surface area contributed by atoms with E-state index in [4.69, 9.17) is 5.21 Å². The van der Waals surface area contributed by atoms with Crippen molar-refractivity contribution >= 4 is 33.2 Å². The molecular formula is C15H12BrFN2O2. The van der Waals surface area contributed by atoms with E-state index in [1.165, 1.54) is 12.1 Å². The smallest absolute Gasteiger partial charge is 0.255 e. The van der Waals surface area contributed by atoms with Crippen LogP contribution in [0.5, 0.6) is 0 Å². The van der Waals surface area contributed by atoms with Crippen LogP contribution in [0.4, 0.5) is 10.1 Å². The van der Waals surface area contributed by atoms with Gasteiger partial charge in [0.15, 0.2) is 0 Å². The third-order valence-corrected chi connectivity index (χ3v) is 3.54. The van der Waals surface area contributed by atoms with Crippen LogP contribution in [0.2, 0.25) is 0 Å². The Balaban J connectivity index is 2.30. The van der Waals surface area contributed by atoms with Crippen LogP contribution in [0.25, 0.3) is 0 Å². The summed E-state index contributed by atoms with van der Waals surface area (Å²) in [6, 6.07) is 11.0. The number of anilines is 1. The number of rotatable bonds is 3. The number of carbonyl (C=O) groups is 1. The number of oxime groups is 1. The lowest BCUT2D eigenvalue weighted by atomic mass is 10.1. The largest absolute Gasteiger partial charge is 0.411 e. The Bertz CT molecular complexity index is 717. The molecule has 0 heterocycles. The van der Waals surface area contributed by atoms with E-state index in [0.717, 1.165) is 6.07 Å².